The number of fused-ring (bicyclic) bond motifs is 2. The van der Waals surface area contributed by atoms with Crippen molar-refractivity contribution < 1.29 is 147 Å². The molecule has 428 valence electrons. The molecule has 0 aromatic heterocycles. The van der Waals surface area contributed by atoms with Crippen LogP contribution in [-0.4, -0.2) is 69.0 Å². The highest BCUT2D eigenvalue weighted by Crippen LogP contribution is 2.46. The minimum Gasteiger partial charge on any atom is -0.478 e. The topological polar surface area (TPSA) is 284 Å². The summed E-state index contributed by atoms with van der Waals surface area (Å²) < 4.78 is 269. The molecule has 2 aliphatic rings. The van der Waals surface area contributed by atoms with E-state index >= 15 is 0 Å². The van der Waals surface area contributed by atoms with Gasteiger partial charge in [0.25, 0.3) is 0 Å². The van der Waals surface area contributed by atoms with Crippen molar-refractivity contribution in [1.82, 2.24) is 0 Å². The van der Waals surface area contributed by atoms with E-state index in [1.54, 1.807) is 0 Å². The highest BCUT2D eigenvalue weighted by Gasteiger charge is 2.46. The summed E-state index contributed by atoms with van der Waals surface area (Å²) in [7, 11) is 0. The molecule has 36 heteroatoms. The van der Waals surface area contributed by atoms with Crippen molar-refractivity contribution in [2.24, 2.45) is 0 Å². The molecule has 0 saturated heterocycles. The maximum Gasteiger partial charge on any atom is 0.350 e. The predicted octanol–water partition coefficient (Wildman–Crippen LogP) is 10.5. The van der Waals surface area contributed by atoms with Gasteiger partial charge in [0.15, 0.2) is 88.2 Å². The van der Waals surface area contributed by atoms with Gasteiger partial charge in [-0.05, 0) is 0 Å². The third-order valence-electron chi connectivity index (χ3n) is 11.1. The van der Waals surface area contributed by atoms with Crippen molar-refractivity contribution in [2.75, 3.05) is 6.79 Å². The number of hydrogen-bond acceptors (Lipinski definition) is 13. The Morgan fingerprint density at radius 1 is 0.381 bits per heavy atom. The number of rotatable bonds is 8. The van der Waals surface area contributed by atoms with Crippen molar-refractivity contribution in [3.05, 3.63) is 178 Å². The first-order valence-electron chi connectivity index (χ1n) is 20.5. The Morgan fingerprint density at radius 3 is 1.04 bits per heavy atom. The summed E-state index contributed by atoms with van der Waals surface area (Å²) in [6.45, 7) is 11.9. The van der Waals surface area contributed by atoms with E-state index in [2.05, 4.69) is 23.9 Å². The van der Waals surface area contributed by atoms with Gasteiger partial charge in [-0.15, -0.1) is 0 Å². The van der Waals surface area contributed by atoms with Crippen LogP contribution in [0.1, 0.15) is 83.6 Å². The molecule has 0 amide bonds. The zero-order chi connectivity index (χ0) is 63.5. The molecule has 0 spiro atoms. The first kappa shape index (κ1) is 61.7. The van der Waals surface area contributed by atoms with E-state index < -0.39 is 254 Å². The third kappa shape index (κ3) is 9.28. The van der Waals surface area contributed by atoms with Crippen LogP contribution in [0.15, 0.2) is 0 Å². The smallest absolute Gasteiger partial charge is 0.350 e. The summed E-state index contributed by atoms with van der Waals surface area (Å²) in [4.78, 5) is 84.0. The molecular weight excluding hydrogens is 1200 g/mol. The number of esters is 4. The summed E-state index contributed by atoms with van der Waals surface area (Å²) in [5, 5.41) is 52.8. The number of carbonyl (C=O) groups is 7. The van der Waals surface area contributed by atoms with E-state index in [0.717, 1.165) is 12.1 Å². The molecule has 0 atom stereocenters. The largest absolute Gasteiger partial charge is 0.478 e. The highest BCUT2D eigenvalue weighted by molar-refractivity contribution is 6.17. The SMILES string of the molecule is O=C(O)c1c(F)c(-c2c(F)c(F)c(C(=O)O)c(C(=O)O)c2F)c(F)c(F)c1OCO.O=C1OC(=O)c2c(F)c(-c3c(F)c(F)c4c(c3F)C(=O)OC4=O)c(F)c(F)c21.[C-]#[N+]c1c(F)c(F)c(-c2c(F)c(F)c(C#N)c(C#N)c2F)c(F)c1[N+]#[C-]. The number of hydrogen-bond donors (Lipinski definition) is 4. The zero-order valence-corrected chi connectivity index (χ0v) is 38.7. The van der Waals surface area contributed by atoms with Gasteiger partial charge in [-0.3, -0.25) is 0 Å². The average Bonchev–Trinajstić information content (AvgIpc) is 1.36. The fourth-order valence-corrected chi connectivity index (χ4v) is 7.58. The molecule has 0 radical (unpaired) electrons. The second kappa shape index (κ2) is 22.5. The van der Waals surface area contributed by atoms with E-state index in [0.29, 0.717) is 0 Å². The predicted molar refractivity (Wildman–Crippen MR) is 225 cm³/mol. The summed E-state index contributed by atoms with van der Waals surface area (Å²) >= 11 is 0. The number of carboxylic acid groups (broad SMARTS) is 3. The molecule has 2 heterocycles. The summed E-state index contributed by atoms with van der Waals surface area (Å²) in [5.74, 6) is -57.3. The van der Waals surface area contributed by atoms with Crippen molar-refractivity contribution in [3.8, 4) is 51.3 Å². The Kier molecular flexibility index (Phi) is 16.6. The first-order chi connectivity index (χ1) is 39.2. The van der Waals surface area contributed by atoms with Crippen molar-refractivity contribution in [2.45, 2.75) is 0 Å². The maximum absolute atomic E-state index is 14.6. The van der Waals surface area contributed by atoms with Gasteiger partial charge in [0.1, 0.15) is 85.5 Å². The minimum absolute atomic E-state index is 1.03. The maximum atomic E-state index is 14.6. The van der Waals surface area contributed by atoms with Crippen LogP contribution in [0.5, 0.6) is 5.75 Å². The molecule has 0 saturated carbocycles. The zero-order valence-electron chi connectivity index (χ0n) is 38.7. The lowest BCUT2D eigenvalue weighted by Crippen LogP contribution is -2.18. The molecule has 18 nitrogen and oxygen atoms in total. The number of aliphatic hydroxyl groups is 1. The molecule has 6 aromatic carbocycles. The fourth-order valence-electron chi connectivity index (χ4n) is 7.58. The highest BCUT2D eigenvalue weighted by atomic mass is 19.2. The quantitative estimate of drug-likeness (QED) is 0.0275. The van der Waals surface area contributed by atoms with Crippen LogP contribution in [0.3, 0.4) is 0 Å². The van der Waals surface area contributed by atoms with Crippen LogP contribution < -0.4 is 4.74 Å². The number of benzene rings is 6. The molecule has 0 aliphatic carbocycles. The van der Waals surface area contributed by atoms with Crippen molar-refractivity contribution >= 4 is 53.2 Å². The Morgan fingerprint density at radius 2 is 0.655 bits per heavy atom. The summed E-state index contributed by atoms with van der Waals surface area (Å²) in [6, 6.07) is 2.08. The molecule has 84 heavy (non-hydrogen) atoms. The van der Waals surface area contributed by atoms with Crippen LogP contribution in [0, 0.1) is 141 Å². The first-order valence-corrected chi connectivity index (χ1v) is 20.5. The number of aromatic carboxylic acids is 3. The molecule has 0 bridgehead atoms. The lowest BCUT2D eigenvalue weighted by atomic mass is 9.93. The molecule has 2 aliphatic heterocycles. The minimum atomic E-state index is -2.64. The van der Waals surface area contributed by atoms with E-state index in [-0.39, 0.29) is 0 Å². The number of ether oxygens (including phenoxy) is 3. The number of cyclic esters (lactones) is 4. The molecule has 8 rings (SSSR count). The number of aliphatic hydroxyl groups excluding tert-OH is 1. The third-order valence-corrected chi connectivity index (χ3v) is 11.1. The lowest BCUT2D eigenvalue weighted by molar-refractivity contribution is 0.0422. The monoisotopic (exact) mass is 1200 g/mol. The van der Waals surface area contributed by atoms with Gasteiger partial charge in [-0.2, -0.15) is 14.9 Å². The number of halogens is 18. The second-order valence-corrected chi connectivity index (χ2v) is 15.3. The number of nitrogens with zero attached hydrogens (tertiary/aromatic N) is 4. The van der Waals surface area contributed by atoms with Gasteiger partial charge in [-0.1, -0.05) is 0 Å². The fraction of sp³-hybridized carbons (Fsp3) is 0.0208. The molecule has 0 unspecified atom stereocenters. The average molecular weight is 1200 g/mol. The molecule has 4 N–H and O–H groups in total. The van der Waals surface area contributed by atoms with Gasteiger partial charge in [0.2, 0.25) is 17.2 Å². The van der Waals surface area contributed by atoms with Crippen LogP contribution in [0.25, 0.3) is 43.1 Å². The van der Waals surface area contributed by atoms with Crippen LogP contribution in [0.2, 0.25) is 0 Å². The van der Waals surface area contributed by atoms with Gasteiger partial charge in [0.05, 0.1) is 41.0 Å². The van der Waals surface area contributed by atoms with E-state index in [1.165, 1.54) is 0 Å². The van der Waals surface area contributed by atoms with E-state index in [4.69, 9.17) is 44.1 Å². The van der Waals surface area contributed by atoms with Crippen LogP contribution in [0.4, 0.5) is 90.4 Å². The van der Waals surface area contributed by atoms with Gasteiger partial charge < -0.3 is 34.6 Å². The molecule has 0 fully saturated rings. The Balaban J connectivity index is 0.000000203. The molecular formula is C48H6F18N4O14. The normalized spacial score (nSPS) is 11.8. The number of carboxylic acids is 3. The van der Waals surface area contributed by atoms with E-state index in [1.807, 2.05) is 0 Å². The van der Waals surface area contributed by atoms with Crippen molar-refractivity contribution in [3.63, 3.8) is 0 Å². The number of carbonyl (C=O) groups excluding carboxylic acids is 4. The van der Waals surface area contributed by atoms with E-state index in [9.17, 15) is 113 Å². The molecule has 6 aromatic rings. The standard InChI is InChI=1S/C16F6N4.C16H6F6O8.C16F6O6/c1-25-15-13(21)8(12(20)14(22)16(15)26-2)7-9(17)5(3-23)6(4-24)10(18)11(7)19;17-7-2(9(19)11(21)5(15(26)27)4(7)14(24)25)3-8(18)6(16(28)29)13(30-1-23)12(22)10(3)20;17-7-1(9(19)11(21)5-3(7)13(23)27-15(5)25)2-8(18)4-6(12(22)10(2)20)16(26)28-14(4)24/h;23H,1H2,(H,24,25)(H,26,27)(H,28,29);. The van der Waals surface area contributed by atoms with Gasteiger partial charge >= 0.3 is 41.8 Å². The summed E-state index contributed by atoms with van der Waals surface area (Å²) in [5.41, 5.74) is -29.2. The number of nitriles is 2. The second-order valence-electron chi connectivity index (χ2n) is 15.3. The van der Waals surface area contributed by atoms with Crippen LogP contribution in [-0.2, 0) is 9.47 Å². The van der Waals surface area contributed by atoms with Crippen molar-refractivity contribution in [1.29, 1.82) is 10.5 Å². The lowest BCUT2D eigenvalue weighted by Gasteiger charge is -2.16. The Labute approximate surface area is 446 Å². The van der Waals surface area contributed by atoms with Gasteiger partial charge in [0, 0.05) is 5.56 Å². The Bertz CT molecular complexity index is 4150. The Hall–Kier alpha value is -11.5. The van der Waals surface area contributed by atoms with Gasteiger partial charge in [-0.25, -0.2) is 118 Å². The van der Waals surface area contributed by atoms with Crippen LogP contribution >= 0.6 is 0 Å². The summed E-state index contributed by atoms with van der Waals surface area (Å²) in [6.07, 6.45) is 0.